The maximum atomic E-state index is 12.2. The van der Waals surface area contributed by atoms with Gasteiger partial charge in [0.25, 0.3) is 0 Å². The van der Waals surface area contributed by atoms with Crippen molar-refractivity contribution < 1.29 is 23.7 Å². The Bertz CT molecular complexity index is 158. The molecule has 0 aromatic heterocycles. The van der Waals surface area contributed by atoms with Gasteiger partial charge in [-0.05, 0) is 0 Å². The number of ether oxygens (including phenoxy) is 1. The van der Waals surface area contributed by atoms with Crippen LogP contribution in [0.15, 0.2) is 0 Å². The maximum absolute atomic E-state index is 12.2. The summed E-state index contributed by atoms with van der Waals surface area (Å²) in [6, 6.07) is -0.624. The molecule has 0 bridgehead atoms. The molecule has 0 amide bonds. The smallest absolute Gasteiger partial charge is 0.246 e. The Kier molecular flexibility index (Phi) is 3.03. The van der Waals surface area contributed by atoms with E-state index in [4.69, 9.17) is 9.84 Å². The Morgan fingerprint density at radius 1 is 1.50 bits per heavy atom. The molecule has 12 heavy (non-hydrogen) atoms. The number of aliphatic hydroxyl groups is 2. The molecule has 0 radical (unpaired) electrons. The van der Waals surface area contributed by atoms with Gasteiger partial charge in [-0.15, -0.1) is 0 Å². The summed E-state index contributed by atoms with van der Waals surface area (Å²) in [4.78, 5) is 0. The minimum Gasteiger partial charge on any atom is -0.394 e. The van der Waals surface area contributed by atoms with E-state index in [-0.39, 0.29) is 0 Å². The standard InChI is InChI=1S/C6H11BF2O3/c7-5-4(11)3(6(8)9)2(1-10)12-5/h2-6,10-11H,1,7H2/t2-,3-,4-,5-/m1/s1. The number of halogens is 2. The highest BCUT2D eigenvalue weighted by atomic mass is 19.3. The molecule has 1 heterocycles. The van der Waals surface area contributed by atoms with Gasteiger partial charge < -0.3 is 14.9 Å². The summed E-state index contributed by atoms with van der Waals surface area (Å²) in [6.07, 6.45) is -4.76. The molecule has 0 aromatic carbocycles. The number of rotatable bonds is 2. The summed E-state index contributed by atoms with van der Waals surface area (Å²) in [5, 5.41) is 17.9. The zero-order valence-corrected chi connectivity index (χ0v) is 6.65. The van der Waals surface area contributed by atoms with Gasteiger partial charge in [-0.3, -0.25) is 0 Å². The van der Waals surface area contributed by atoms with Gasteiger partial charge in [0.15, 0.2) is 0 Å². The van der Waals surface area contributed by atoms with Crippen molar-refractivity contribution in [2.75, 3.05) is 6.61 Å². The molecule has 0 unspecified atom stereocenters. The minimum absolute atomic E-state index is 0.476. The van der Waals surface area contributed by atoms with E-state index in [9.17, 15) is 13.9 Å². The van der Waals surface area contributed by atoms with E-state index in [1.165, 1.54) is 7.85 Å². The lowest BCUT2D eigenvalue weighted by atomic mass is 9.88. The summed E-state index contributed by atoms with van der Waals surface area (Å²) in [7, 11) is 1.51. The fourth-order valence-electron chi connectivity index (χ4n) is 1.46. The minimum atomic E-state index is -2.65. The van der Waals surface area contributed by atoms with Crippen LogP contribution in [0.1, 0.15) is 0 Å². The largest absolute Gasteiger partial charge is 0.394 e. The Hall–Kier alpha value is -0.195. The lowest BCUT2D eigenvalue weighted by Crippen LogP contribution is -2.34. The molecular formula is C6H11BF2O3. The van der Waals surface area contributed by atoms with Gasteiger partial charge in [0.05, 0.1) is 30.7 Å². The lowest BCUT2D eigenvalue weighted by Gasteiger charge is -2.17. The maximum Gasteiger partial charge on any atom is 0.246 e. The third-order valence-corrected chi connectivity index (χ3v) is 2.16. The van der Waals surface area contributed by atoms with Gasteiger partial charge >= 0.3 is 0 Å². The van der Waals surface area contributed by atoms with Crippen molar-refractivity contribution in [3.8, 4) is 0 Å². The van der Waals surface area contributed by atoms with Gasteiger partial charge in [0, 0.05) is 0 Å². The first-order valence-electron chi connectivity index (χ1n) is 3.80. The molecule has 1 aliphatic heterocycles. The van der Waals surface area contributed by atoms with Crippen LogP contribution in [0.2, 0.25) is 0 Å². The highest BCUT2D eigenvalue weighted by molar-refractivity contribution is 6.11. The van der Waals surface area contributed by atoms with E-state index in [1.54, 1.807) is 0 Å². The van der Waals surface area contributed by atoms with Crippen LogP contribution in [-0.4, -0.2) is 49.3 Å². The Morgan fingerprint density at radius 3 is 2.42 bits per heavy atom. The topological polar surface area (TPSA) is 49.7 Å². The molecule has 2 N–H and O–H groups in total. The van der Waals surface area contributed by atoms with Gasteiger partial charge in [-0.1, -0.05) is 0 Å². The highest BCUT2D eigenvalue weighted by Gasteiger charge is 2.45. The van der Waals surface area contributed by atoms with E-state index >= 15 is 0 Å². The van der Waals surface area contributed by atoms with Crippen molar-refractivity contribution in [2.45, 2.75) is 24.6 Å². The van der Waals surface area contributed by atoms with E-state index in [0.29, 0.717) is 0 Å². The number of alkyl halides is 2. The average Bonchev–Trinajstić information content (AvgIpc) is 2.28. The van der Waals surface area contributed by atoms with Gasteiger partial charge in [-0.2, -0.15) is 0 Å². The van der Waals surface area contributed by atoms with Crippen molar-refractivity contribution in [1.29, 1.82) is 0 Å². The normalized spacial score (nSPS) is 42.4. The van der Waals surface area contributed by atoms with Gasteiger partial charge in [0.1, 0.15) is 7.85 Å². The molecule has 0 aromatic rings. The van der Waals surface area contributed by atoms with E-state index in [0.717, 1.165) is 0 Å². The fourth-order valence-corrected chi connectivity index (χ4v) is 1.46. The molecule has 0 saturated carbocycles. The number of hydrogen-bond donors (Lipinski definition) is 2. The second kappa shape index (κ2) is 3.68. The second-order valence-electron chi connectivity index (χ2n) is 2.96. The second-order valence-corrected chi connectivity index (χ2v) is 2.96. The van der Waals surface area contributed by atoms with Crippen LogP contribution in [0.3, 0.4) is 0 Å². The van der Waals surface area contributed by atoms with Crippen LogP contribution in [0.4, 0.5) is 8.78 Å². The zero-order valence-electron chi connectivity index (χ0n) is 6.65. The number of aliphatic hydroxyl groups excluding tert-OH is 2. The predicted octanol–water partition coefficient (Wildman–Crippen LogP) is -1.42. The Morgan fingerprint density at radius 2 is 2.08 bits per heavy atom. The first-order chi connectivity index (χ1) is 5.57. The average molecular weight is 180 g/mol. The van der Waals surface area contributed by atoms with Crippen molar-refractivity contribution in [3.63, 3.8) is 0 Å². The quantitative estimate of drug-likeness (QED) is 0.512. The molecule has 3 nitrogen and oxygen atoms in total. The summed E-state index contributed by atoms with van der Waals surface area (Å²) in [5.74, 6) is -1.26. The molecule has 0 spiro atoms. The molecule has 1 fully saturated rings. The van der Waals surface area contributed by atoms with E-state index in [2.05, 4.69) is 0 Å². The zero-order chi connectivity index (χ0) is 9.30. The van der Waals surface area contributed by atoms with Crippen molar-refractivity contribution in [1.82, 2.24) is 0 Å². The lowest BCUT2D eigenvalue weighted by molar-refractivity contribution is -0.0269. The first-order valence-corrected chi connectivity index (χ1v) is 3.80. The van der Waals surface area contributed by atoms with Crippen molar-refractivity contribution in [2.24, 2.45) is 5.92 Å². The van der Waals surface area contributed by atoms with E-state index < -0.39 is 37.2 Å². The Labute approximate surface area is 69.7 Å². The predicted molar refractivity (Wildman–Crippen MR) is 39.8 cm³/mol. The van der Waals surface area contributed by atoms with Crippen LogP contribution in [0.5, 0.6) is 0 Å². The summed E-state index contributed by atoms with van der Waals surface area (Å²) >= 11 is 0. The van der Waals surface area contributed by atoms with Gasteiger partial charge in [0.2, 0.25) is 6.43 Å². The SMILES string of the molecule is B[C@@H]1O[C@H](CO)[C@@H](C(F)F)[C@H]1O. The third-order valence-electron chi connectivity index (χ3n) is 2.16. The van der Waals surface area contributed by atoms with Gasteiger partial charge in [-0.25, -0.2) is 8.78 Å². The molecular weight excluding hydrogens is 169 g/mol. The molecule has 70 valence electrons. The van der Waals surface area contributed by atoms with Crippen LogP contribution < -0.4 is 0 Å². The van der Waals surface area contributed by atoms with Crippen LogP contribution in [0, 0.1) is 5.92 Å². The van der Waals surface area contributed by atoms with Crippen molar-refractivity contribution >= 4 is 7.85 Å². The highest BCUT2D eigenvalue weighted by Crippen LogP contribution is 2.30. The van der Waals surface area contributed by atoms with Crippen LogP contribution in [-0.2, 0) is 4.74 Å². The van der Waals surface area contributed by atoms with E-state index in [1.807, 2.05) is 0 Å². The summed E-state index contributed by atoms with van der Waals surface area (Å²) in [6.45, 7) is -0.476. The fraction of sp³-hybridized carbons (Fsp3) is 1.00. The van der Waals surface area contributed by atoms with Crippen molar-refractivity contribution in [3.05, 3.63) is 0 Å². The molecule has 4 atom stereocenters. The monoisotopic (exact) mass is 180 g/mol. The first kappa shape index (κ1) is 9.89. The van der Waals surface area contributed by atoms with Crippen LogP contribution >= 0.6 is 0 Å². The molecule has 6 heteroatoms. The molecule has 1 rings (SSSR count). The van der Waals surface area contributed by atoms with Crippen LogP contribution in [0.25, 0.3) is 0 Å². The molecule has 0 aliphatic carbocycles. The summed E-state index contributed by atoms with van der Waals surface area (Å²) in [5.41, 5.74) is 0. The molecule has 1 saturated heterocycles. The summed E-state index contributed by atoms with van der Waals surface area (Å²) < 4.78 is 29.4. The Balaban J connectivity index is 2.66. The third kappa shape index (κ3) is 1.60. The molecule has 1 aliphatic rings. The number of hydrogen-bond acceptors (Lipinski definition) is 3.